The maximum atomic E-state index is 11.1. The van der Waals surface area contributed by atoms with Crippen molar-refractivity contribution >= 4 is 5.91 Å². The minimum Gasteiger partial charge on any atom is -0.493 e. The topological polar surface area (TPSA) is 69.7 Å². The van der Waals surface area contributed by atoms with Crippen LogP contribution in [0.4, 0.5) is 0 Å². The molecule has 2 fully saturated rings. The number of benzene rings is 1. The van der Waals surface area contributed by atoms with Crippen LogP contribution in [0.2, 0.25) is 0 Å². The van der Waals surface area contributed by atoms with Crippen LogP contribution in [0.3, 0.4) is 0 Å². The van der Waals surface area contributed by atoms with Gasteiger partial charge in [-0.25, -0.2) is 0 Å². The molecule has 1 aromatic heterocycles. The summed E-state index contributed by atoms with van der Waals surface area (Å²) in [6, 6.07) is 10.2. The number of fused-ring (bicyclic) bond motifs is 1. The summed E-state index contributed by atoms with van der Waals surface area (Å²) >= 11 is 0. The predicted molar refractivity (Wildman–Crippen MR) is 116 cm³/mol. The Morgan fingerprint density at radius 3 is 2.68 bits per heavy atom. The molecule has 31 heavy (non-hydrogen) atoms. The predicted octanol–water partition coefficient (Wildman–Crippen LogP) is 4.01. The Labute approximate surface area is 183 Å². The van der Waals surface area contributed by atoms with Gasteiger partial charge in [-0.1, -0.05) is 6.07 Å². The van der Waals surface area contributed by atoms with Crippen LogP contribution in [0.1, 0.15) is 50.8 Å². The summed E-state index contributed by atoms with van der Waals surface area (Å²) < 4.78 is 18.4. The molecule has 0 saturated heterocycles. The number of rotatable bonds is 9. The highest BCUT2D eigenvalue weighted by atomic mass is 16.5. The normalized spacial score (nSPS) is 22.9. The van der Waals surface area contributed by atoms with Crippen molar-refractivity contribution in [1.82, 2.24) is 10.3 Å². The molecule has 1 amide bonds. The minimum absolute atomic E-state index is 0.0565. The fourth-order valence-electron chi connectivity index (χ4n) is 4.33. The standard InChI is InChI=1S/C25H30N2O4/c1-16(27-17(2)28)14-29-22-9-10-24(26-13-22)25(20-6-7-20)12-19-5-8-21(11-23(19)31-25)30-15-18-3-4-18/h5,8-11,13,16,18,20H,3-4,6-7,12,14-15H2,1-2H3,(H,27,28)/t16-,25?/m0/s1. The van der Waals surface area contributed by atoms with E-state index >= 15 is 0 Å². The van der Waals surface area contributed by atoms with Gasteiger partial charge in [0.15, 0.2) is 5.60 Å². The summed E-state index contributed by atoms with van der Waals surface area (Å²) in [7, 11) is 0. The van der Waals surface area contributed by atoms with E-state index in [1.54, 1.807) is 6.20 Å². The Balaban J connectivity index is 1.28. The summed E-state index contributed by atoms with van der Waals surface area (Å²) in [5.41, 5.74) is 1.77. The molecule has 1 aliphatic heterocycles. The average molecular weight is 423 g/mol. The second kappa shape index (κ2) is 8.06. The van der Waals surface area contributed by atoms with Gasteiger partial charge in [0.05, 0.1) is 24.5 Å². The van der Waals surface area contributed by atoms with E-state index in [4.69, 9.17) is 19.2 Å². The highest BCUT2D eigenvalue weighted by Gasteiger charge is 2.53. The van der Waals surface area contributed by atoms with Crippen LogP contribution in [-0.4, -0.2) is 30.1 Å². The van der Waals surface area contributed by atoms with E-state index < -0.39 is 5.60 Å². The summed E-state index contributed by atoms with van der Waals surface area (Å²) in [6.45, 7) is 4.62. The van der Waals surface area contributed by atoms with Gasteiger partial charge in [0, 0.05) is 25.3 Å². The Hall–Kier alpha value is -2.76. The first kappa shape index (κ1) is 20.2. The molecule has 2 saturated carbocycles. The van der Waals surface area contributed by atoms with E-state index in [0.717, 1.165) is 49.0 Å². The summed E-state index contributed by atoms with van der Waals surface area (Å²) in [5, 5.41) is 2.82. The Kier molecular flexibility index (Phi) is 5.24. The van der Waals surface area contributed by atoms with Gasteiger partial charge >= 0.3 is 0 Å². The quantitative estimate of drug-likeness (QED) is 0.661. The number of pyridine rings is 1. The molecule has 1 N–H and O–H groups in total. The van der Waals surface area contributed by atoms with E-state index in [1.165, 1.54) is 25.3 Å². The lowest BCUT2D eigenvalue weighted by Crippen LogP contribution is -2.35. The van der Waals surface area contributed by atoms with Crippen LogP contribution in [-0.2, 0) is 16.8 Å². The first-order valence-electron chi connectivity index (χ1n) is 11.3. The fraction of sp³-hybridized carbons (Fsp3) is 0.520. The van der Waals surface area contributed by atoms with Crippen LogP contribution in [0.15, 0.2) is 36.5 Å². The smallest absolute Gasteiger partial charge is 0.217 e. The highest BCUT2D eigenvalue weighted by Crippen LogP contribution is 2.54. The van der Waals surface area contributed by atoms with Gasteiger partial charge in [-0.2, -0.15) is 0 Å². The van der Waals surface area contributed by atoms with Crippen molar-refractivity contribution in [2.45, 2.75) is 57.6 Å². The van der Waals surface area contributed by atoms with Crippen LogP contribution in [0.5, 0.6) is 17.2 Å². The van der Waals surface area contributed by atoms with Crippen LogP contribution < -0.4 is 19.5 Å². The van der Waals surface area contributed by atoms with Crippen molar-refractivity contribution in [2.24, 2.45) is 11.8 Å². The minimum atomic E-state index is -0.403. The summed E-state index contributed by atoms with van der Waals surface area (Å²) in [5.74, 6) is 3.66. The van der Waals surface area contributed by atoms with Gasteiger partial charge in [0.2, 0.25) is 5.91 Å². The molecular weight excluding hydrogens is 392 g/mol. The van der Waals surface area contributed by atoms with Gasteiger partial charge in [-0.05, 0) is 62.3 Å². The van der Waals surface area contributed by atoms with Crippen molar-refractivity contribution in [3.05, 3.63) is 47.8 Å². The van der Waals surface area contributed by atoms with Crippen LogP contribution in [0, 0.1) is 11.8 Å². The first-order valence-corrected chi connectivity index (χ1v) is 11.3. The molecule has 2 heterocycles. The molecule has 2 aliphatic carbocycles. The van der Waals surface area contributed by atoms with Crippen molar-refractivity contribution in [3.8, 4) is 17.2 Å². The molecule has 3 aliphatic rings. The van der Waals surface area contributed by atoms with Crippen molar-refractivity contribution in [2.75, 3.05) is 13.2 Å². The van der Waals surface area contributed by atoms with E-state index in [9.17, 15) is 4.79 Å². The summed E-state index contributed by atoms with van der Waals surface area (Å²) in [4.78, 5) is 15.9. The number of nitrogens with one attached hydrogen (secondary N) is 1. The third-order valence-corrected chi connectivity index (χ3v) is 6.32. The number of nitrogens with zero attached hydrogens (tertiary/aromatic N) is 1. The molecule has 0 bridgehead atoms. The Bertz CT molecular complexity index is 952. The van der Waals surface area contributed by atoms with Gasteiger partial charge in [-0.3, -0.25) is 9.78 Å². The number of carbonyl (C=O) groups is 1. The molecule has 0 radical (unpaired) electrons. The molecule has 1 unspecified atom stereocenters. The molecule has 1 aromatic carbocycles. The number of hydrogen-bond acceptors (Lipinski definition) is 5. The second-order valence-corrected chi connectivity index (χ2v) is 9.26. The van der Waals surface area contributed by atoms with E-state index in [2.05, 4.69) is 17.4 Å². The molecule has 2 atom stereocenters. The van der Waals surface area contributed by atoms with Crippen molar-refractivity contribution < 1.29 is 19.0 Å². The Morgan fingerprint density at radius 2 is 2.00 bits per heavy atom. The lowest BCUT2D eigenvalue weighted by Gasteiger charge is -2.28. The zero-order chi connectivity index (χ0) is 21.4. The third kappa shape index (κ3) is 4.48. The van der Waals surface area contributed by atoms with Gasteiger partial charge in [0.25, 0.3) is 0 Å². The van der Waals surface area contributed by atoms with Gasteiger partial charge in [-0.15, -0.1) is 0 Å². The Morgan fingerprint density at radius 1 is 1.19 bits per heavy atom. The maximum Gasteiger partial charge on any atom is 0.217 e. The average Bonchev–Trinajstić information content (AvgIpc) is 3.67. The number of aromatic nitrogens is 1. The number of ether oxygens (including phenoxy) is 3. The monoisotopic (exact) mass is 422 g/mol. The number of carbonyl (C=O) groups excluding carboxylic acids is 1. The molecule has 2 aromatic rings. The SMILES string of the molecule is CC(=O)N[C@@H](C)COc1ccc(C2(C3CC3)Cc3ccc(OCC4CC4)cc3O2)nc1. The molecule has 0 spiro atoms. The van der Waals surface area contributed by atoms with Gasteiger partial charge in [0.1, 0.15) is 23.9 Å². The largest absolute Gasteiger partial charge is 0.493 e. The van der Waals surface area contributed by atoms with Crippen LogP contribution >= 0.6 is 0 Å². The molecular formula is C25H30N2O4. The highest BCUT2D eigenvalue weighted by molar-refractivity contribution is 5.73. The lowest BCUT2D eigenvalue weighted by atomic mass is 9.88. The third-order valence-electron chi connectivity index (χ3n) is 6.32. The van der Waals surface area contributed by atoms with Crippen LogP contribution in [0.25, 0.3) is 0 Å². The van der Waals surface area contributed by atoms with E-state index in [-0.39, 0.29) is 11.9 Å². The molecule has 6 heteroatoms. The zero-order valence-electron chi connectivity index (χ0n) is 18.2. The summed E-state index contributed by atoms with van der Waals surface area (Å²) in [6.07, 6.45) is 7.48. The molecule has 164 valence electrons. The van der Waals surface area contributed by atoms with Crippen molar-refractivity contribution in [3.63, 3.8) is 0 Å². The molecule has 6 nitrogen and oxygen atoms in total. The lowest BCUT2D eigenvalue weighted by molar-refractivity contribution is -0.119. The molecule has 5 rings (SSSR count). The number of hydrogen-bond donors (Lipinski definition) is 1. The van der Waals surface area contributed by atoms with E-state index in [1.807, 2.05) is 25.1 Å². The van der Waals surface area contributed by atoms with Crippen molar-refractivity contribution in [1.29, 1.82) is 0 Å². The van der Waals surface area contributed by atoms with Gasteiger partial charge < -0.3 is 19.5 Å². The first-order chi connectivity index (χ1) is 15.0. The number of amides is 1. The second-order valence-electron chi connectivity index (χ2n) is 9.26. The van der Waals surface area contributed by atoms with E-state index in [0.29, 0.717) is 18.3 Å². The fourth-order valence-corrected chi connectivity index (χ4v) is 4.33. The maximum absolute atomic E-state index is 11.1. The zero-order valence-corrected chi connectivity index (χ0v) is 18.2.